The average Bonchev–Trinajstić information content (AvgIpc) is 3.09. The molecule has 0 saturated heterocycles. The zero-order chi connectivity index (χ0) is 11.7. The first-order valence-corrected chi connectivity index (χ1v) is 6.27. The minimum Gasteiger partial charge on any atom is -0.366 e. The highest BCUT2D eigenvalue weighted by Crippen LogP contribution is 2.30. The van der Waals surface area contributed by atoms with Gasteiger partial charge in [0.05, 0.1) is 5.69 Å². The van der Waals surface area contributed by atoms with Gasteiger partial charge in [0.2, 0.25) is 0 Å². The number of nitrogens with zero attached hydrogens (tertiary/aromatic N) is 1. The zero-order valence-electron chi connectivity index (χ0n) is 10.0. The molecular formula is C14H17N3. The Morgan fingerprint density at radius 1 is 1.29 bits per heavy atom. The van der Waals surface area contributed by atoms with Crippen LogP contribution in [0.4, 0.5) is 5.82 Å². The Labute approximate surface area is 101 Å². The molecule has 0 spiro atoms. The first-order chi connectivity index (χ1) is 8.38. The van der Waals surface area contributed by atoms with Crippen molar-refractivity contribution in [3.05, 3.63) is 35.9 Å². The SMILES string of the molecule is CCc1c(NC2CC2)n[nH]c1-c1ccccc1. The molecular weight excluding hydrogens is 210 g/mol. The van der Waals surface area contributed by atoms with Crippen LogP contribution in [0.15, 0.2) is 30.3 Å². The van der Waals surface area contributed by atoms with Crippen molar-refractivity contribution >= 4 is 5.82 Å². The molecule has 2 N–H and O–H groups in total. The van der Waals surface area contributed by atoms with Gasteiger partial charge in [-0.05, 0) is 24.8 Å². The van der Waals surface area contributed by atoms with E-state index in [4.69, 9.17) is 0 Å². The van der Waals surface area contributed by atoms with Gasteiger partial charge in [0.25, 0.3) is 0 Å². The van der Waals surface area contributed by atoms with Crippen molar-refractivity contribution in [2.24, 2.45) is 0 Å². The molecule has 17 heavy (non-hydrogen) atoms. The van der Waals surface area contributed by atoms with Crippen LogP contribution >= 0.6 is 0 Å². The van der Waals surface area contributed by atoms with Crippen LogP contribution in [0, 0.1) is 0 Å². The number of rotatable bonds is 4. The highest BCUT2D eigenvalue weighted by atomic mass is 15.2. The fourth-order valence-electron chi connectivity index (χ4n) is 2.09. The van der Waals surface area contributed by atoms with Crippen molar-refractivity contribution in [2.45, 2.75) is 32.2 Å². The molecule has 3 rings (SSSR count). The fourth-order valence-corrected chi connectivity index (χ4v) is 2.09. The van der Waals surface area contributed by atoms with Crippen LogP contribution in [0.1, 0.15) is 25.3 Å². The first kappa shape index (κ1) is 10.4. The summed E-state index contributed by atoms with van der Waals surface area (Å²) in [5.41, 5.74) is 3.65. The Hall–Kier alpha value is -1.77. The zero-order valence-corrected chi connectivity index (χ0v) is 10.0. The summed E-state index contributed by atoms with van der Waals surface area (Å²) >= 11 is 0. The molecule has 0 aliphatic heterocycles. The lowest BCUT2D eigenvalue weighted by atomic mass is 10.1. The normalized spacial score (nSPS) is 14.9. The molecule has 1 fully saturated rings. The van der Waals surface area contributed by atoms with E-state index in [0.29, 0.717) is 6.04 Å². The quantitative estimate of drug-likeness (QED) is 0.842. The monoisotopic (exact) mass is 227 g/mol. The lowest BCUT2D eigenvalue weighted by Gasteiger charge is -2.04. The Morgan fingerprint density at radius 3 is 2.71 bits per heavy atom. The largest absolute Gasteiger partial charge is 0.366 e. The van der Waals surface area contributed by atoms with Crippen molar-refractivity contribution < 1.29 is 0 Å². The van der Waals surface area contributed by atoms with Crippen LogP contribution in [0.5, 0.6) is 0 Å². The van der Waals surface area contributed by atoms with Gasteiger partial charge in [-0.3, -0.25) is 5.10 Å². The lowest BCUT2D eigenvalue weighted by molar-refractivity contribution is 1.04. The van der Waals surface area contributed by atoms with E-state index in [2.05, 4.69) is 46.7 Å². The standard InChI is InChI=1S/C14H17N3/c1-2-12-13(10-6-4-3-5-7-10)16-17-14(12)15-11-8-9-11/h3-7,11H,2,8-9H2,1H3,(H2,15,16,17). The third kappa shape index (κ3) is 2.05. The second-order valence-corrected chi connectivity index (χ2v) is 4.56. The van der Waals surface area contributed by atoms with Crippen molar-refractivity contribution in [1.82, 2.24) is 10.2 Å². The minimum absolute atomic E-state index is 0.646. The molecule has 0 atom stereocenters. The van der Waals surface area contributed by atoms with Crippen LogP contribution in [0.25, 0.3) is 11.3 Å². The lowest BCUT2D eigenvalue weighted by Crippen LogP contribution is -2.03. The van der Waals surface area contributed by atoms with Crippen molar-refractivity contribution in [3.8, 4) is 11.3 Å². The topological polar surface area (TPSA) is 40.7 Å². The Kier molecular flexibility index (Phi) is 2.59. The predicted molar refractivity (Wildman–Crippen MR) is 70.0 cm³/mol. The number of hydrogen-bond acceptors (Lipinski definition) is 2. The van der Waals surface area contributed by atoms with E-state index in [0.717, 1.165) is 17.9 Å². The summed E-state index contributed by atoms with van der Waals surface area (Å²) in [6, 6.07) is 11.0. The Bertz CT molecular complexity index is 497. The highest BCUT2D eigenvalue weighted by molar-refractivity contribution is 5.69. The fraction of sp³-hybridized carbons (Fsp3) is 0.357. The van der Waals surface area contributed by atoms with Crippen LogP contribution in [-0.4, -0.2) is 16.2 Å². The summed E-state index contributed by atoms with van der Waals surface area (Å²) in [5.74, 6) is 1.04. The number of aromatic nitrogens is 2. The van der Waals surface area contributed by atoms with E-state index in [1.807, 2.05) is 6.07 Å². The summed E-state index contributed by atoms with van der Waals surface area (Å²) in [6.07, 6.45) is 3.54. The third-order valence-corrected chi connectivity index (χ3v) is 3.20. The smallest absolute Gasteiger partial charge is 0.151 e. The molecule has 0 bridgehead atoms. The molecule has 0 unspecified atom stereocenters. The molecule has 1 aliphatic carbocycles. The van der Waals surface area contributed by atoms with Gasteiger partial charge in [0, 0.05) is 11.6 Å². The molecule has 0 radical (unpaired) electrons. The van der Waals surface area contributed by atoms with Crippen LogP contribution in [-0.2, 0) is 6.42 Å². The van der Waals surface area contributed by atoms with Crippen molar-refractivity contribution in [2.75, 3.05) is 5.32 Å². The van der Waals surface area contributed by atoms with Crippen LogP contribution in [0.3, 0.4) is 0 Å². The maximum Gasteiger partial charge on any atom is 0.151 e. The number of benzene rings is 1. The van der Waals surface area contributed by atoms with Crippen LogP contribution in [0.2, 0.25) is 0 Å². The maximum atomic E-state index is 4.41. The molecule has 2 aromatic rings. The second kappa shape index (κ2) is 4.24. The van der Waals surface area contributed by atoms with Crippen molar-refractivity contribution in [3.63, 3.8) is 0 Å². The van der Waals surface area contributed by atoms with Gasteiger partial charge < -0.3 is 5.32 Å². The average molecular weight is 227 g/mol. The molecule has 1 saturated carbocycles. The van der Waals surface area contributed by atoms with Crippen molar-refractivity contribution in [1.29, 1.82) is 0 Å². The van der Waals surface area contributed by atoms with Gasteiger partial charge in [-0.2, -0.15) is 5.10 Å². The summed E-state index contributed by atoms with van der Waals surface area (Å²) in [6.45, 7) is 2.18. The van der Waals surface area contributed by atoms with Crippen LogP contribution < -0.4 is 5.32 Å². The number of aromatic amines is 1. The predicted octanol–water partition coefficient (Wildman–Crippen LogP) is 3.21. The van der Waals surface area contributed by atoms with E-state index >= 15 is 0 Å². The van der Waals surface area contributed by atoms with E-state index in [1.165, 1.54) is 24.0 Å². The summed E-state index contributed by atoms with van der Waals surface area (Å²) < 4.78 is 0. The molecule has 88 valence electrons. The Morgan fingerprint density at radius 2 is 2.06 bits per heavy atom. The Balaban J connectivity index is 1.96. The third-order valence-electron chi connectivity index (χ3n) is 3.20. The number of nitrogens with one attached hydrogen (secondary N) is 2. The van der Waals surface area contributed by atoms with E-state index in [-0.39, 0.29) is 0 Å². The van der Waals surface area contributed by atoms with E-state index < -0.39 is 0 Å². The second-order valence-electron chi connectivity index (χ2n) is 4.56. The molecule has 1 aromatic heterocycles. The number of hydrogen-bond donors (Lipinski definition) is 2. The van der Waals surface area contributed by atoms with Gasteiger partial charge in [-0.25, -0.2) is 0 Å². The maximum absolute atomic E-state index is 4.41. The van der Waals surface area contributed by atoms with Gasteiger partial charge in [0.1, 0.15) is 0 Å². The number of H-pyrrole nitrogens is 1. The minimum atomic E-state index is 0.646. The molecule has 1 aromatic carbocycles. The molecule has 1 heterocycles. The van der Waals surface area contributed by atoms with E-state index in [1.54, 1.807) is 0 Å². The highest BCUT2D eigenvalue weighted by Gasteiger charge is 2.24. The molecule has 0 amide bonds. The molecule has 3 heteroatoms. The number of anilines is 1. The van der Waals surface area contributed by atoms with Gasteiger partial charge >= 0.3 is 0 Å². The van der Waals surface area contributed by atoms with Gasteiger partial charge in [0.15, 0.2) is 5.82 Å². The summed E-state index contributed by atoms with van der Waals surface area (Å²) in [7, 11) is 0. The van der Waals surface area contributed by atoms with Gasteiger partial charge in [-0.1, -0.05) is 37.3 Å². The molecule has 3 nitrogen and oxygen atoms in total. The van der Waals surface area contributed by atoms with Gasteiger partial charge in [-0.15, -0.1) is 0 Å². The first-order valence-electron chi connectivity index (χ1n) is 6.27. The molecule has 1 aliphatic rings. The van der Waals surface area contributed by atoms with E-state index in [9.17, 15) is 0 Å². The summed E-state index contributed by atoms with van der Waals surface area (Å²) in [5, 5.41) is 11.1. The summed E-state index contributed by atoms with van der Waals surface area (Å²) in [4.78, 5) is 0.